The molecule has 0 aliphatic carbocycles. The monoisotopic (exact) mass is 308 g/mol. The largest absolute Gasteiger partial charge is 0.352 e. The van der Waals surface area contributed by atoms with Crippen LogP contribution >= 0.6 is 0 Å². The van der Waals surface area contributed by atoms with Crippen LogP contribution in [-0.4, -0.2) is 24.9 Å². The highest BCUT2D eigenvalue weighted by molar-refractivity contribution is 5.96. The van der Waals surface area contributed by atoms with E-state index in [0.717, 1.165) is 11.3 Å². The molecule has 2 amide bonds. The van der Waals surface area contributed by atoms with Crippen LogP contribution < -0.4 is 10.2 Å². The molecule has 1 unspecified atom stereocenters. The van der Waals surface area contributed by atoms with Crippen molar-refractivity contribution in [1.29, 1.82) is 0 Å². The molecule has 4 nitrogen and oxygen atoms in total. The number of rotatable bonds is 4. The van der Waals surface area contributed by atoms with E-state index in [1.54, 1.807) is 4.90 Å². The highest BCUT2D eigenvalue weighted by Gasteiger charge is 2.30. The van der Waals surface area contributed by atoms with Crippen molar-refractivity contribution in [3.63, 3.8) is 0 Å². The summed E-state index contributed by atoms with van der Waals surface area (Å²) in [5.41, 5.74) is 2.70. The lowest BCUT2D eigenvalue weighted by atomic mass is 10.1. The van der Waals surface area contributed by atoms with Crippen molar-refractivity contribution in [1.82, 2.24) is 5.32 Å². The van der Waals surface area contributed by atoms with Gasteiger partial charge in [-0.3, -0.25) is 9.59 Å². The number of hydrogen-bond donors (Lipinski definition) is 1. The molecule has 4 heteroatoms. The van der Waals surface area contributed by atoms with Crippen molar-refractivity contribution in [3.05, 3.63) is 65.7 Å². The molecule has 1 aliphatic heterocycles. The number of aryl methyl sites for hydroxylation is 1. The third-order valence-electron chi connectivity index (χ3n) is 4.14. The van der Waals surface area contributed by atoms with Crippen LogP contribution in [0.15, 0.2) is 54.6 Å². The van der Waals surface area contributed by atoms with Crippen LogP contribution in [0.25, 0.3) is 0 Å². The lowest BCUT2D eigenvalue weighted by Gasteiger charge is -2.16. The molecule has 0 radical (unpaired) electrons. The molecule has 1 aliphatic rings. The lowest BCUT2D eigenvalue weighted by Crippen LogP contribution is -2.31. The Balaban J connectivity index is 1.56. The van der Waals surface area contributed by atoms with Crippen molar-refractivity contribution in [2.45, 2.75) is 13.3 Å². The van der Waals surface area contributed by atoms with E-state index in [-0.39, 0.29) is 17.7 Å². The molecular weight excluding hydrogens is 288 g/mol. The van der Waals surface area contributed by atoms with E-state index < -0.39 is 0 Å². The number of carbonyl (C=O) groups excluding carboxylic acids is 2. The molecule has 1 N–H and O–H groups in total. The third-order valence-corrected chi connectivity index (χ3v) is 4.14. The quantitative estimate of drug-likeness (QED) is 0.944. The number of carbonyl (C=O) groups is 2. The van der Waals surface area contributed by atoms with Crippen molar-refractivity contribution in [3.8, 4) is 0 Å². The van der Waals surface area contributed by atoms with Gasteiger partial charge in [0.2, 0.25) is 5.91 Å². The topological polar surface area (TPSA) is 49.4 Å². The van der Waals surface area contributed by atoms with Gasteiger partial charge in [-0.25, -0.2) is 0 Å². The molecule has 0 spiro atoms. The van der Waals surface area contributed by atoms with Crippen LogP contribution in [0.2, 0.25) is 0 Å². The molecule has 0 aromatic heterocycles. The number of amides is 2. The second-order valence-electron chi connectivity index (χ2n) is 5.99. The van der Waals surface area contributed by atoms with Gasteiger partial charge in [-0.1, -0.05) is 35.9 Å². The maximum Gasteiger partial charge on any atom is 0.251 e. The highest BCUT2D eigenvalue weighted by Crippen LogP contribution is 2.24. The fourth-order valence-electron chi connectivity index (χ4n) is 2.82. The van der Waals surface area contributed by atoms with Crippen molar-refractivity contribution < 1.29 is 9.59 Å². The SMILES string of the molecule is Cc1ccc(C(=O)NCC2CC(=O)N(c3ccccc3)C2)cc1. The fraction of sp³-hybridized carbons (Fsp3) is 0.263. The van der Waals surface area contributed by atoms with E-state index in [2.05, 4.69) is 5.32 Å². The lowest BCUT2D eigenvalue weighted by molar-refractivity contribution is -0.117. The molecule has 2 aromatic rings. The summed E-state index contributed by atoms with van der Waals surface area (Å²) in [6.45, 7) is 3.16. The molecule has 0 saturated carbocycles. The maximum atomic E-state index is 12.2. The number of nitrogens with zero attached hydrogens (tertiary/aromatic N) is 1. The van der Waals surface area contributed by atoms with Crippen LogP contribution in [0.4, 0.5) is 5.69 Å². The predicted molar refractivity (Wildman–Crippen MR) is 90.4 cm³/mol. The Hall–Kier alpha value is -2.62. The van der Waals surface area contributed by atoms with Crippen molar-refractivity contribution in [2.75, 3.05) is 18.0 Å². The Bertz CT molecular complexity index is 695. The second-order valence-corrected chi connectivity index (χ2v) is 5.99. The van der Waals surface area contributed by atoms with Gasteiger partial charge in [0.25, 0.3) is 5.91 Å². The van der Waals surface area contributed by atoms with Gasteiger partial charge in [-0.15, -0.1) is 0 Å². The van der Waals surface area contributed by atoms with Gasteiger partial charge in [0, 0.05) is 36.7 Å². The molecule has 23 heavy (non-hydrogen) atoms. The van der Waals surface area contributed by atoms with Gasteiger partial charge in [-0.05, 0) is 31.2 Å². The maximum absolute atomic E-state index is 12.2. The molecule has 1 fully saturated rings. The average molecular weight is 308 g/mol. The minimum absolute atomic E-state index is 0.0874. The fourth-order valence-corrected chi connectivity index (χ4v) is 2.82. The van der Waals surface area contributed by atoms with Gasteiger partial charge >= 0.3 is 0 Å². The normalized spacial score (nSPS) is 17.3. The molecule has 1 atom stereocenters. The minimum atomic E-state index is -0.0874. The van der Waals surface area contributed by atoms with Crippen LogP contribution in [0, 0.1) is 12.8 Å². The number of anilines is 1. The van der Waals surface area contributed by atoms with E-state index in [9.17, 15) is 9.59 Å². The van der Waals surface area contributed by atoms with Gasteiger partial charge in [0.15, 0.2) is 0 Å². The van der Waals surface area contributed by atoms with Gasteiger partial charge in [-0.2, -0.15) is 0 Å². The average Bonchev–Trinajstić information content (AvgIpc) is 2.95. The van der Waals surface area contributed by atoms with Crippen LogP contribution in [0.5, 0.6) is 0 Å². The standard InChI is InChI=1S/C19H20N2O2/c1-14-7-9-16(10-8-14)19(23)20-12-15-11-18(22)21(13-15)17-5-3-2-4-6-17/h2-10,15H,11-13H2,1H3,(H,20,23). The third kappa shape index (κ3) is 3.59. The zero-order valence-electron chi connectivity index (χ0n) is 13.2. The number of nitrogens with one attached hydrogen (secondary N) is 1. The summed E-state index contributed by atoms with van der Waals surface area (Å²) < 4.78 is 0. The first kappa shape index (κ1) is 15.3. The Morgan fingerprint density at radius 1 is 1.13 bits per heavy atom. The smallest absolute Gasteiger partial charge is 0.251 e. The molecule has 118 valence electrons. The summed E-state index contributed by atoms with van der Waals surface area (Å²) >= 11 is 0. The van der Waals surface area contributed by atoms with Crippen LogP contribution in [0.3, 0.4) is 0 Å². The van der Waals surface area contributed by atoms with Gasteiger partial charge in [0.1, 0.15) is 0 Å². The first-order valence-electron chi connectivity index (χ1n) is 7.84. The van der Waals surface area contributed by atoms with Crippen LogP contribution in [0.1, 0.15) is 22.3 Å². The summed E-state index contributed by atoms with van der Waals surface area (Å²) in [6.07, 6.45) is 0.475. The van der Waals surface area contributed by atoms with E-state index >= 15 is 0 Å². The van der Waals surface area contributed by atoms with Crippen LogP contribution in [-0.2, 0) is 4.79 Å². The molecule has 0 bridgehead atoms. The first-order chi connectivity index (χ1) is 11.1. The molecule has 3 rings (SSSR count). The van der Waals surface area contributed by atoms with Gasteiger partial charge < -0.3 is 10.2 Å². The first-order valence-corrected chi connectivity index (χ1v) is 7.84. The summed E-state index contributed by atoms with van der Waals surface area (Å²) in [5, 5.41) is 2.94. The Morgan fingerprint density at radius 3 is 2.52 bits per heavy atom. The number of hydrogen-bond acceptors (Lipinski definition) is 2. The molecule has 1 heterocycles. The summed E-state index contributed by atoms with van der Waals surface area (Å²) in [4.78, 5) is 26.1. The Kier molecular flexibility index (Phi) is 4.42. The van der Waals surface area contributed by atoms with Crippen molar-refractivity contribution in [2.24, 2.45) is 5.92 Å². The minimum Gasteiger partial charge on any atom is -0.352 e. The van der Waals surface area contributed by atoms with Crippen molar-refractivity contribution >= 4 is 17.5 Å². The summed E-state index contributed by atoms with van der Waals surface area (Å²) in [6, 6.07) is 17.1. The summed E-state index contributed by atoms with van der Waals surface area (Å²) in [7, 11) is 0. The number of benzene rings is 2. The molecule has 2 aromatic carbocycles. The highest BCUT2D eigenvalue weighted by atomic mass is 16.2. The predicted octanol–water partition coefficient (Wildman–Crippen LogP) is 2.78. The van der Waals surface area contributed by atoms with E-state index in [4.69, 9.17) is 0 Å². The zero-order valence-corrected chi connectivity index (χ0v) is 13.2. The van der Waals surface area contributed by atoms with Gasteiger partial charge in [0.05, 0.1) is 0 Å². The number of para-hydroxylation sites is 1. The second kappa shape index (κ2) is 6.65. The Morgan fingerprint density at radius 2 is 1.83 bits per heavy atom. The zero-order chi connectivity index (χ0) is 16.2. The van der Waals surface area contributed by atoms with E-state index in [1.165, 1.54) is 0 Å². The molecule has 1 saturated heterocycles. The molecular formula is C19H20N2O2. The van der Waals surface area contributed by atoms with E-state index in [1.807, 2.05) is 61.5 Å². The van der Waals surface area contributed by atoms with E-state index in [0.29, 0.717) is 25.1 Å². The summed E-state index contributed by atoms with van der Waals surface area (Å²) in [5.74, 6) is 0.179. The Labute approximate surface area is 136 Å².